The minimum absolute atomic E-state index is 0.117. The van der Waals surface area contributed by atoms with Crippen molar-refractivity contribution in [2.75, 3.05) is 13.7 Å². The summed E-state index contributed by atoms with van der Waals surface area (Å²) in [7, 11) is 1.31. The molecule has 4 aromatic carbocycles. The fourth-order valence-electron chi connectivity index (χ4n) is 3.81. The van der Waals surface area contributed by atoms with Crippen LogP contribution in [0.4, 0.5) is 0 Å². The molecule has 13 heteroatoms. The first-order valence-electron chi connectivity index (χ1n) is 14.2. The molecule has 2 unspecified atom stereocenters. The summed E-state index contributed by atoms with van der Waals surface area (Å²) in [6.45, 7) is 5.31. The summed E-state index contributed by atoms with van der Waals surface area (Å²) in [4.78, 5) is 27.1. The molecule has 0 N–H and O–H groups in total. The van der Waals surface area contributed by atoms with Crippen LogP contribution in [0.5, 0.6) is 34.8 Å². The van der Waals surface area contributed by atoms with Crippen LogP contribution in [0.25, 0.3) is 11.1 Å². The predicted octanol–water partition coefficient (Wildman–Crippen LogP) is 9.33. The van der Waals surface area contributed by atoms with Crippen molar-refractivity contribution in [3.63, 3.8) is 0 Å². The molecule has 0 aliphatic rings. The number of oxazole rings is 1. The number of carbonyl (C=O) groups excluding carboxylic acids is 2. The summed E-state index contributed by atoms with van der Waals surface area (Å²) in [5, 5.41) is 1.53. The topological polar surface area (TPSA) is 116 Å². The summed E-state index contributed by atoms with van der Waals surface area (Å²) in [6.07, 6.45) is -1.25. The van der Waals surface area contributed by atoms with Crippen molar-refractivity contribution in [3.05, 3.63) is 100.0 Å². The normalized spacial score (nSPS) is 11.8. The van der Waals surface area contributed by atoms with Crippen molar-refractivity contribution in [2.24, 2.45) is 0 Å². The Hall–Kier alpha value is -4.64. The molecule has 0 saturated heterocycles. The van der Waals surface area contributed by atoms with Gasteiger partial charge in [-0.25, -0.2) is 9.59 Å². The SMILES string of the molecule is CCOC(=O)C(C)Oc1ccc(Oc2nc3ccc(Cl)cc3o2)cc1.COC(=O)C(C)Oc1ccc(Oc2ccc(Cl)cc2Cl)cc1. The third kappa shape index (κ3) is 10.4. The fourth-order valence-corrected chi connectivity index (χ4v) is 4.42. The number of esters is 2. The highest BCUT2D eigenvalue weighted by molar-refractivity contribution is 6.35. The molecule has 0 amide bonds. The molecule has 0 aliphatic carbocycles. The van der Waals surface area contributed by atoms with Crippen LogP contribution in [0.1, 0.15) is 20.8 Å². The average molecular weight is 703 g/mol. The molecule has 0 bridgehead atoms. The highest BCUT2D eigenvalue weighted by Crippen LogP contribution is 2.32. The lowest BCUT2D eigenvalue weighted by molar-refractivity contribution is -0.150. The van der Waals surface area contributed by atoms with E-state index in [1.54, 1.807) is 106 Å². The van der Waals surface area contributed by atoms with Crippen LogP contribution >= 0.6 is 34.8 Å². The number of halogens is 3. The number of nitrogens with zero attached hydrogens (tertiary/aromatic N) is 1. The third-order valence-electron chi connectivity index (χ3n) is 6.08. The van der Waals surface area contributed by atoms with Crippen molar-refractivity contribution >= 4 is 57.8 Å². The van der Waals surface area contributed by atoms with Gasteiger partial charge in [0.25, 0.3) is 0 Å². The summed E-state index contributed by atoms with van der Waals surface area (Å²) >= 11 is 17.8. The molecular formula is C34H30Cl3NO9. The van der Waals surface area contributed by atoms with Crippen LogP contribution in [0.15, 0.2) is 89.3 Å². The highest BCUT2D eigenvalue weighted by atomic mass is 35.5. The van der Waals surface area contributed by atoms with E-state index in [4.69, 9.17) is 62.9 Å². The van der Waals surface area contributed by atoms with E-state index in [1.165, 1.54) is 7.11 Å². The lowest BCUT2D eigenvalue weighted by atomic mass is 10.3. The molecule has 5 aromatic rings. The molecule has 1 heterocycles. The molecule has 0 radical (unpaired) electrons. The molecule has 47 heavy (non-hydrogen) atoms. The zero-order valence-electron chi connectivity index (χ0n) is 25.7. The Balaban J connectivity index is 0.000000215. The molecule has 0 fully saturated rings. The van der Waals surface area contributed by atoms with Crippen LogP contribution < -0.4 is 18.9 Å². The van der Waals surface area contributed by atoms with Gasteiger partial charge in [-0.05, 0) is 99.6 Å². The van der Waals surface area contributed by atoms with Gasteiger partial charge in [-0.15, -0.1) is 0 Å². The van der Waals surface area contributed by atoms with Gasteiger partial charge in [0.15, 0.2) is 17.8 Å². The van der Waals surface area contributed by atoms with Gasteiger partial charge in [0, 0.05) is 16.1 Å². The number of carbonyl (C=O) groups is 2. The first kappa shape index (κ1) is 35.2. The maximum Gasteiger partial charge on any atom is 0.400 e. The van der Waals surface area contributed by atoms with Gasteiger partial charge in [0.2, 0.25) is 0 Å². The van der Waals surface area contributed by atoms with Gasteiger partial charge in [-0.1, -0.05) is 34.8 Å². The first-order valence-corrected chi connectivity index (χ1v) is 15.3. The predicted molar refractivity (Wildman–Crippen MR) is 177 cm³/mol. The lowest BCUT2D eigenvalue weighted by Crippen LogP contribution is -2.25. The van der Waals surface area contributed by atoms with Gasteiger partial charge in [-0.3, -0.25) is 0 Å². The Kier molecular flexibility index (Phi) is 12.6. The van der Waals surface area contributed by atoms with Crippen molar-refractivity contribution < 1.29 is 42.4 Å². The monoisotopic (exact) mass is 701 g/mol. The number of methoxy groups -OCH3 is 1. The number of hydrogen-bond acceptors (Lipinski definition) is 10. The third-order valence-corrected chi connectivity index (χ3v) is 6.85. The molecule has 2 atom stereocenters. The number of aromatic nitrogens is 1. The zero-order chi connectivity index (χ0) is 33.9. The Morgan fingerprint density at radius 1 is 0.723 bits per heavy atom. The molecule has 1 aromatic heterocycles. The second-order valence-corrected chi connectivity index (χ2v) is 10.9. The largest absolute Gasteiger partial charge is 0.479 e. The number of ether oxygens (including phenoxy) is 6. The number of hydrogen-bond donors (Lipinski definition) is 0. The number of fused-ring (bicyclic) bond motifs is 1. The molecule has 5 rings (SSSR count). The summed E-state index contributed by atoms with van der Waals surface area (Å²) in [5.74, 6) is 1.82. The summed E-state index contributed by atoms with van der Waals surface area (Å²) in [6, 6.07) is 23.7. The van der Waals surface area contributed by atoms with Gasteiger partial charge < -0.3 is 32.8 Å². The van der Waals surface area contributed by atoms with E-state index < -0.39 is 24.1 Å². The Morgan fingerprint density at radius 2 is 1.26 bits per heavy atom. The van der Waals surface area contributed by atoms with Gasteiger partial charge in [0.1, 0.15) is 34.3 Å². The Bertz CT molecular complexity index is 1790. The van der Waals surface area contributed by atoms with Crippen LogP contribution in [-0.4, -0.2) is 42.8 Å². The van der Waals surface area contributed by atoms with Crippen molar-refractivity contribution in [3.8, 4) is 34.8 Å². The molecule has 0 spiro atoms. The summed E-state index contributed by atoms with van der Waals surface area (Å²) in [5.41, 5.74) is 1.20. The standard InChI is InChI=1S/C18H16ClNO5.C16H14Cl2O4/c1-3-22-17(21)11(2)23-13-5-7-14(8-6-13)24-18-20-15-9-4-12(19)10-16(15)25-18;1-10(16(19)20-2)21-12-4-6-13(7-5-12)22-15-8-3-11(17)9-14(15)18/h4-11H,3H2,1-2H3;3-10H,1-2H3. The second kappa shape index (κ2) is 16.8. The van der Waals surface area contributed by atoms with Crippen molar-refractivity contribution in [1.82, 2.24) is 4.98 Å². The van der Waals surface area contributed by atoms with Crippen LogP contribution in [0.2, 0.25) is 15.1 Å². The maximum atomic E-state index is 11.6. The van der Waals surface area contributed by atoms with Gasteiger partial charge in [0.05, 0.1) is 18.7 Å². The van der Waals surface area contributed by atoms with Crippen LogP contribution in [0.3, 0.4) is 0 Å². The van der Waals surface area contributed by atoms with E-state index in [2.05, 4.69) is 9.72 Å². The Morgan fingerprint density at radius 3 is 1.83 bits per heavy atom. The second-order valence-electron chi connectivity index (χ2n) is 9.61. The molecule has 0 saturated carbocycles. The van der Waals surface area contributed by atoms with E-state index in [0.29, 0.717) is 61.5 Å². The van der Waals surface area contributed by atoms with Gasteiger partial charge >= 0.3 is 18.0 Å². The van der Waals surface area contributed by atoms with Crippen molar-refractivity contribution in [2.45, 2.75) is 33.0 Å². The molecule has 246 valence electrons. The quantitative estimate of drug-likeness (QED) is 0.123. The van der Waals surface area contributed by atoms with Crippen LogP contribution in [-0.2, 0) is 19.1 Å². The molecular weight excluding hydrogens is 673 g/mol. The summed E-state index contributed by atoms with van der Waals surface area (Å²) < 4.78 is 37.2. The molecule has 10 nitrogen and oxygen atoms in total. The fraction of sp³-hybridized carbons (Fsp3) is 0.206. The minimum Gasteiger partial charge on any atom is -0.479 e. The maximum absolute atomic E-state index is 11.6. The first-order chi connectivity index (χ1) is 22.5. The van der Waals surface area contributed by atoms with E-state index in [-0.39, 0.29) is 6.08 Å². The van der Waals surface area contributed by atoms with E-state index >= 15 is 0 Å². The number of rotatable bonds is 11. The van der Waals surface area contributed by atoms with Crippen molar-refractivity contribution in [1.29, 1.82) is 0 Å². The minimum atomic E-state index is -0.687. The lowest BCUT2D eigenvalue weighted by Gasteiger charge is -2.13. The molecule has 0 aliphatic heterocycles. The Labute approximate surface area is 286 Å². The highest BCUT2D eigenvalue weighted by Gasteiger charge is 2.16. The average Bonchev–Trinajstić information content (AvgIpc) is 3.45. The van der Waals surface area contributed by atoms with Crippen LogP contribution in [0, 0.1) is 0 Å². The van der Waals surface area contributed by atoms with Gasteiger partial charge in [-0.2, -0.15) is 4.98 Å². The van der Waals surface area contributed by atoms with E-state index in [1.807, 2.05) is 0 Å². The number of benzene rings is 4. The van der Waals surface area contributed by atoms with E-state index in [0.717, 1.165) is 0 Å². The zero-order valence-corrected chi connectivity index (χ0v) is 28.0. The van der Waals surface area contributed by atoms with E-state index in [9.17, 15) is 9.59 Å². The smallest absolute Gasteiger partial charge is 0.400 e.